The molecule has 1 aromatic heterocycles. The Morgan fingerprint density at radius 1 is 1.27 bits per heavy atom. The van der Waals surface area contributed by atoms with E-state index in [4.69, 9.17) is 21.1 Å². The van der Waals surface area contributed by atoms with E-state index in [-0.39, 0.29) is 75.6 Å². The topological polar surface area (TPSA) is 59.5 Å². The zero-order chi connectivity index (χ0) is 18.4. The molecule has 3 unspecified atom stereocenters. The summed E-state index contributed by atoms with van der Waals surface area (Å²) in [5.74, 6) is 1.06. The predicted octanol–water partition coefficient (Wildman–Crippen LogP) is -0.0785. The molecule has 0 saturated carbocycles. The van der Waals surface area contributed by atoms with Crippen LogP contribution in [0.2, 0.25) is 5.15 Å². The minimum absolute atomic E-state index is 0. The van der Waals surface area contributed by atoms with Crippen LogP contribution in [0.1, 0.15) is 33.1 Å². The maximum Gasteiger partial charge on any atom is 1.00 e. The van der Waals surface area contributed by atoms with Crippen LogP contribution in [0.5, 0.6) is 5.88 Å². The molecular formula is C18H29ClKN4O2-. The molecule has 3 atom stereocenters. The SMILES string of the molecule is CC.[CH2-]C1CC(N(C)c2nc(Cl)cc(OC3CCOC3)n2)CC([CH2-])N1.[K+]. The zero-order valence-electron chi connectivity index (χ0n) is 16.4. The Bertz CT molecular complexity index is 536. The fraction of sp³-hybridized carbons (Fsp3) is 0.667. The standard InChI is InChI=1S/C16H23ClN4O2.C2H6.K/c1-10-6-12(7-11(2)18-10)21(3)16-19-14(17)8-15(20-16)23-13-4-5-22-9-13;1-2;/h8,10-13,18H,1-2,4-7,9H2,3H3;1-2H3;/q-2;;+1. The van der Waals surface area contributed by atoms with E-state index < -0.39 is 0 Å². The van der Waals surface area contributed by atoms with Crippen LogP contribution in [-0.4, -0.2) is 54.5 Å². The first-order chi connectivity index (χ1) is 12.0. The van der Waals surface area contributed by atoms with Crippen LogP contribution >= 0.6 is 11.6 Å². The fourth-order valence-electron chi connectivity index (χ4n) is 3.08. The van der Waals surface area contributed by atoms with Crippen molar-refractivity contribution in [3.05, 3.63) is 25.1 Å². The Labute approximate surface area is 205 Å². The molecule has 2 fully saturated rings. The molecule has 0 spiro atoms. The molecule has 2 aliphatic heterocycles. The van der Waals surface area contributed by atoms with Crippen molar-refractivity contribution in [3.8, 4) is 5.88 Å². The molecule has 0 bridgehead atoms. The molecule has 0 amide bonds. The summed E-state index contributed by atoms with van der Waals surface area (Å²) in [6, 6.07) is 2.25. The quantitative estimate of drug-likeness (QED) is 0.428. The molecule has 1 aromatic rings. The number of aromatic nitrogens is 2. The maximum absolute atomic E-state index is 6.15. The van der Waals surface area contributed by atoms with E-state index in [2.05, 4.69) is 29.1 Å². The number of halogens is 1. The molecule has 3 rings (SSSR count). The van der Waals surface area contributed by atoms with Gasteiger partial charge in [0, 0.05) is 25.6 Å². The molecule has 8 heteroatoms. The summed E-state index contributed by atoms with van der Waals surface area (Å²) in [6.07, 6.45) is 2.72. The third-order valence-electron chi connectivity index (χ3n) is 4.28. The first-order valence-corrected chi connectivity index (χ1v) is 9.33. The fourth-order valence-corrected chi connectivity index (χ4v) is 3.25. The van der Waals surface area contributed by atoms with Gasteiger partial charge in [-0.25, -0.2) is 4.98 Å². The van der Waals surface area contributed by atoms with Crippen LogP contribution in [-0.2, 0) is 4.74 Å². The van der Waals surface area contributed by atoms with Gasteiger partial charge in [-0.2, -0.15) is 4.98 Å². The van der Waals surface area contributed by atoms with Crippen molar-refractivity contribution >= 4 is 17.5 Å². The number of ether oxygens (including phenoxy) is 2. The normalized spacial score (nSPS) is 27.8. The summed E-state index contributed by atoms with van der Waals surface area (Å²) < 4.78 is 11.2. The van der Waals surface area contributed by atoms with Crippen molar-refractivity contribution in [2.45, 2.75) is 57.3 Å². The zero-order valence-corrected chi connectivity index (χ0v) is 20.3. The summed E-state index contributed by atoms with van der Waals surface area (Å²) in [7, 11) is 1.98. The van der Waals surface area contributed by atoms with Crippen molar-refractivity contribution < 1.29 is 60.9 Å². The third kappa shape index (κ3) is 7.17. The summed E-state index contributed by atoms with van der Waals surface area (Å²) in [4.78, 5) is 10.9. The number of hydrogen-bond acceptors (Lipinski definition) is 6. The number of nitrogens with one attached hydrogen (secondary N) is 1. The Balaban J connectivity index is 0.00000109. The van der Waals surface area contributed by atoms with E-state index in [1.807, 2.05) is 25.8 Å². The molecule has 142 valence electrons. The van der Waals surface area contributed by atoms with Crippen molar-refractivity contribution in [2.24, 2.45) is 0 Å². The Morgan fingerprint density at radius 3 is 2.50 bits per heavy atom. The van der Waals surface area contributed by atoms with Gasteiger partial charge in [-0.1, -0.05) is 25.4 Å². The van der Waals surface area contributed by atoms with E-state index >= 15 is 0 Å². The second-order valence-corrected chi connectivity index (χ2v) is 6.62. The average molecular weight is 408 g/mol. The molecule has 6 nitrogen and oxygen atoms in total. The van der Waals surface area contributed by atoms with Crippen LogP contribution < -0.4 is 66.3 Å². The Hall–Kier alpha value is 0.526. The van der Waals surface area contributed by atoms with E-state index in [1.54, 1.807) is 6.07 Å². The van der Waals surface area contributed by atoms with Gasteiger partial charge in [0.05, 0.1) is 13.2 Å². The van der Waals surface area contributed by atoms with Crippen LogP contribution in [0.25, 0.3) is 0 Å². The number of hydrogen-bond donors (Lipinski definition) is 1. The van der Waals surface area contributed by atoms with Gasteiger partial charge in [0.25, 0.3) is 0 Å². The van der Waals surface area contributed by atoms with Crippen LogP contribution in [0.15, 0.2) is 6.07 Å². The molecule has 1 N–H and O–H groups in total. The first kappa shape index (κ1) is 24.6. The van der Waals surface area contributed by atoms with Crippen LogP contribution in [0.3, 0.4) is 0 Å². The number of rotatable bonds is 4. The monoisotopic (exact) mass is 407 g/mol. The van der Waals surface area contributed by atoms with Gasteiger partial charge in [-0.15, -0.1) is 12.1 Å². The third-order valence-corrected chi connectivity index (χ3v) is 4.48. The van der Waals surface area contributed by atoms with Crippen LogP contribution in [0, 0.1) is 13.8 Å². The van der Waals surface area contributed by atoms with E-state index in [9.17, 15) is 0 Å². The van der Waals surface area contributed by atoms with Crippen molar-refractivity contribution in [2.75, 3.05) is 25.2 Å². The summed E-state index contributed by atoms with van der Waals surface area (Å²) in [6.45, 7) is 13.5. The first-order valence-electron chi connectivity index (χ1n) is 8.95. The van der Waals surface area contributed by atoms with Crippen LogP contribution in [0.4, 0.5) is 5.95 Å². The maximum atomic E-state index is 6.15. The number of anilines is 1. The smallest absolute Gasteiger partial charge is 0.472 e. The largest absolute Gasteiger partial charge is 1.00 e. The van der Waals surface area contributed by atoms with E-state index in [0.717, 1.165) is 25.9 Å². The predicted molar refractivity (Wildman–Crippen MR) is 101 cm³/mol. The van der Waals surface area contributed by atoms with Gasteiger partial charge < -0.3 is 33.5 Å². The van der Waals surface area contributed by atoms with Gasteiger partial charge in [0.1, 0.15) is 11.3 Å². The molecule has 2 saturated heterocycles. The second-order valence-electron chi connectivity index (χ2n) is 6.23. The molecule has 3 heterocycles. The minimum Gasteiger partial charge on any atom is -0.472 e. The van der Waals surface area contributed by atoms with Gasteiger partial charge in [0.2, 0.25) is 11.8 Å². The minimum atomic E-state index is 0. The average Bonchev–Trinajstić information content (AvgIpc) is 3.07. The summed E-state index contributed by atoms with van der Waals surface area (Å²) >= 11 is 6.15. The number of nitrogens with zero attached hydrogens (tertiary/aromatic N) is 3. The van der Waals surface area contributed by atoms with Crippen molar-refractivity contribution in [1.29, 1.82) is 0 Å². The molecular weight excluding hydrogens is 379 g/mol. The molecule has 2 aliphatic rings. The second kappa shape index (κ2) is 12.2. The van der Waals surface area contributed by atoms with Crippen molar-refractivity contribution in [1.82, 2.24) is 15.3 Å². The molecule has 26 heavy (non-hydrogen) atoms. The molecule has 0 aliphatic carbocycles. The number of piperidine rings is 1. The summed E-state index contributed by atoms with van der Waals surface area (Å²) in [5, 5.41) is 3.71. The molecule has 0 aromatic carbocycles. The van der Waals surface area contributed by atoms with Gasteiger partial charge in [0.15, 0.2) is 0 Å². The van der Waals surface area contributed by atoms with Gasteiger partial charge in [-0.3, -0.25) is 0 Å². The Morgan fingerprint density at radius 2 is 1.92 bits per heavy atom. The Kier molecular flexibility index (Phi) is 11.5. The molecule has 0 radical (unpaired) electrons. The van der Waals surface area contributed by atoms with E-state index in [1.165, 1.54) is 0 Å². The van der Waals surface area contributed by atoms with Gasteiger partial charge in [-0.05, 0) is 12.8 Å². The summed E-state index contributed by atoms with van der Waals surface area (Å²) in [5.41, 5.74) is 0. The van der Waals surface area contributed by atoms with Gasteiger partial charge >= 0.3 is 51.4 Å². The van der Waals surface area contributed by atoms with Crippen molar-refractivity contribution in [3.63, 3.8) is 0 Å². The van der Waals surface area contributed by atoms with E-state index in [0.29, 0.717) is 23.6 Å².